The minimum atomic E-state index is -0.867. The van der Waals surface area contributed by atoms with Crippen molar-refractivity contribution in [2.75, 3.05) is 6.54 Å². The summed E-state index contributed by atoms with van der Waals surface area (Å²) < 4.78 is 31.6. The van der Waals surface area contributed by atoms with Gasteiger partial charge >= 0.3 is 6.09 Å². The second-order valence-corrected chi connectivity index (χ2v) is 5.88. The van der Waals surface area contributed by atoms with Crippen LogP contribution in [0.3, 0.4) is 0 Å². The van der Waals surface area contributed by atoms with E-state index in [2.05, 4.69) is 10.6 Å². The highest BCUT2D eigenvalue weighted by Crippen LogP contribution is 2.11. The van der Waals surface area contributed by atoms with Gasteiger partial charge in [-0.2, -0.15) is 0 Å². The summed E-state index contributed by atoms with van der Waals surface area (Å²) in [5.41, 5.74) is -0.301. The topological polar surface area (TPSA) is 50.4 Å². The average Bonchev–Trinajstić information content (AvgIpc) is 2.36. The fraction of sp³-hybridized carbons (Fsp3) is 0.533. The summed E-state index contributed by atoms with van der Waals surface area (Å²) >= 11 is 0. The summed E-state index contributed by atoms with van der Waals surface area (Å²) in [5.74, 6) is -1.72. The van der Waals surface area contributed by atoms with Gasteiger partial charge in [0.05, 0.1) is 0 Å². The molecule has 1 aromatic carbocycles. The molecule has 0 saturated heterocycles. The van der Waals surface area contributed by atoms with Crippen molar-refractivity contribution >= 4 is 6.09 Å². The molecule has 0 heterocycles. The first-order valence-electron chi connectivity index (χ1n) is 6.82. The maximum absolute atomic E-state index is 13.4. The maximum atomic E-state index is 13.4. The van der Waals surface area contributed by atoms with Crippen LogP contribution < -0.4 is 10.6 Å². The molecule has 1 rings (SSSR count). The predicted octanol–water partition coefficient (Wildman–Crippen LogP) is 2.97. The molecule has 1 atom stereocenters. The first-order chi connectivity index (χ1) is 9.69. The van der Waals surface area contributed by atoms with Gasteiger partial charge in [-0.05, 0) is 33.8 Å². The summed E-state index contributed by atoms with van der Waals surface area (Å²) in [5, 5.41) is 5.62. The van der Waals surface area contributed by atoms with Gasteiger partial charge in [0.2, 0.25) is 0 Å². The van der Waals surface area contributed by atoms with Crippen molar-refractivity contribution in [3.63, 3.8) is 0 Å². The molecular weight excluding hydrogens is 278 g/mol. The van der Waals surface area contributed by atoms with Gasteiger partial charge in [-0.1, -0.05) is 12.1 Å². The van der Waals surface area contributed by atoms with Crippen LogP contribution in [0.15, 0.2) is 18.2 Å². The lowest BCUT2D eigenvalue weighted by Gasteiger charge is -2.21. The van der Waals surface area contributed by atoms with Gasteiger partial charge in [0.1, 0.15) is 5.60 Å². The van der Waals surface area contributed by atoms with Gasteiger partial charge < -0.3 is 15.4 Å². The molecule has 0 aromatic heterocycles. The Bertz CT molecular complexity index is 487. The van der Waals surface area contributed by atoms with Crippen LogP contribution in [-0.4, -0.2) is 24.3 Å². The molecule has 1 amide bonds. The van der Waals surface area contributed by atoms with Crippen molar-refractivity contribution in [2.45, 2.75) is 45.9 Å². The van der Waals surface area contributed by atoms with E-state index in [4.69, 9.17) is 4.74 Å². The number of carbonyl (C=O) groups is 1. The molecule has 21 heavy (non-hydrogen) atoms. The zero-order chi connectivity index (χ0) is 16.0. The number of alkyl carbamates (subject to hydrolysis) is 1. The van der Waals surface area contributed by atoms with Gasteiger partial charge in [0.15, 0.2) is 11.6 Å². The zero-order valence-electron chi connectivity index (χ0n) is 12.8. The number of benzene rings is 1. The van der Waals surface area contributed by atoms with E-state index in [-0.39, 0.29) is 18.2 Å². The molecule has 0 aliphatic rings. The van der Waals surface area contributed by atoms with Crippen molar-refractivity contribution in [1.29, 1.82) is 0 Å². The second-order valence-electron chi connectivity index (χ2n) is 5.88. The quantitative estimate of drug-likeness (QED) is 0.879. The lowest BCUT2D eigenvalue weighted by atomic mass is 10.2. The molecule has 0 aliphatic carbocycles. The van der Waals surface area contributed by atoms with Crippen molar-refractivity contribution in [2.24, 2.45) is 0 Å². The fourth-order valence-corrected chi connectivity index (χ4v) is 1.59. The monoisotopic (exact) mass is 300 g/mol. The number of carbonyl (C=O) groups excluding carboxylic acids is 1. The Hall–Kier alpha value is -1.69. The highest BCUT2D eigenvalue weighted by atomic mass is 19.2. The van der Waals surface area contributed by atoms with Crippen LogP contribution >= 0.6 is 0 Å². The largest absolute Gasteiger partial charge is 0.444 e. The van der Waals surface area contributed by atoms with E-state index >= 15 is 0 Å². The maximum Gasteiger partial charge on any atom is 0.407 e. The van der Waals surface area contributed by atoms with Crippen LogP contribution in [0.1, 0.15) is 33.3 Å². The Kier molecular flexibility index (Phi) is 6.08. The molecule has 6 heteroatoms. The SMILES string of the molecule is CC(CNC(=O)OC(C)(C)C)NCc1cccc(F)c1F. The van der Waals surface area contributed by atoms with Gasteiger partial charge in [-0.3, -0.25) is 0 Å². The summed E-state index contributed by atoms with van der Waals surface area (Å²) in [6.45, 7) is 7.67. The van der Waals surface area contributed by atoms with Crippen molar-refractivity contribution in [1.82, 2.24) is 10.6 Å². The molecule has 4 nitrogen and oxygen atoms in total. The molecule has 0 saturated carbocycles. The van der Waals surface area contributed by atoms with Crippen LogP contribution in [0.2, 0.25) is 0 Å². The molecule has 0 spiro atoms. The summed E-state index contributed by atoms with van der Waals surface area (Å²) in [6, 6.07) is 3.94. The number of hydrogen-bond donors (Lipinski definition) is 2. The van der Waals surface area contributed by atoms with E-state index in [0.717, 1.165) is 6.07 Å². The van der Waals surface area contributed by atoms with E-state index in [1.54, 1.807) is 20.8 Å². The Morgan fingerprint density at radius 1 is 1.33 bits per heavy atom. The molecule has 0 aliphatic heterocycles. The Labute approximate surface area is 123 Å². The first-order valence-corrected chi connectivity index (χ1v) is 6.82. The number of amides is 1. The second kappa shape index (κ2) is 7.36. The zero-order valence-corrected chi connectivity index (χ0v) is 12.8. The van der Waals surface area contributed by atoms with E-state index in [1.807, 2.05) is 6.92 Å². The smallest absolute Gasteiger partial charge is 0.407 e. The molecule has 1 unspecified atom stereocenters. The van der Waals surface area contributed by atoms with Crippen LogP contribution in [0.5, 0.6) is 0 Å². The molecule has 1 aromatic rings. The van der Waals surface area contributed by atoms with Crippen molar-refractivity contribution in [3.05, 3.63) is 35.4 Å². The van der Waals surface area contributed by atoms with E-state index in [0.29, 0.717) is 6.54 Å². The van der Waals surface area contributed by atoms with Gasteiger partial charge in [-0.25, -0.2) is 13.6 Å². The highest BCUT2D eigenvalue weighted by molar-refractivity contribution is 5.67. The minimum Gasteiger partial charge on any atom is -0.444 e. The van der Waals surface area contributed by atoms with Crippen LogP contribution in [-0.2, 0) is 11.3 Å². The Morgan fingerprint density at radius 3 is 2.62 bits per heavy atom. The standard InChI is InChI=1S/C15H22F2N2O2/c1-10(8-19-14(20)21-15(2,3)4)18-9-11-6-5-7-12(16)13(11)17/h5-7,10,18H,8-9H2,1-4H3,(H,19,20). The number of halogens is 2. The van der Waals surface area contributed by atoms with Crippen LogP contribution in [0.4, 0.5) is 13.6 Å². The number of rotatable bonds is 5. The Morgan fingerprint density at radius 2 is 2.00 bits per heavy atom. The Balaban J connectivity index is 2.36. The van der Waals surface area contributed by atoms with Gasteiger partial charge in [0.25, 0.3) is 0 Å². The molecule has 2 N–H and O–H groups in total. The third-order valence-electron chi connectivity index (χ3n) is 2.62. The van der Waals surface area contributed by atoms with E-state index in [9.17, 15) is 13.6 Å². The molecule has 118 valence electrons. The minimum absolute atomic E-state index is 0.111. The molecular formula is C15H22F2N2O2. The third kappa shape index (κ3) is 6.53. The van der Waals surface area contributed by atoms with Gasteiger partial charge in [-0.15, -0.1) is 0 Å². The summed E-state index contributed by atoms with van der Waals surface area (Å²) in [4.78, 5) is 11.5. The summed E-state index contributed by atoms with van der Waals surface area (Å²) in [6.07, 6.45) is -0.506. The summed E-state index contributed by atoms with van der Waals surface area (Å²) in [7, 11) is 0. The van der Waals surface area contributed by atoms with Crippen molar-refractivity contribution < 1.29 is 18.3 Å². The average molecular weight is 300 g/mol. The van der Waals surface area contributed by atoms with Crippen LogP contribution in [0, 0.1) is 11.6 Å². The van der Waals surface area contributed by atoms with E-state index < -0.39 is 23.3 Å². The van der Waals surface area contributed by atoms with Crippen molar-refractivity contribution in [3.8, 4) is 0 Å². The molecule has 0 radical (unpaired) electrons. The fourth-order valence-electron chi connectivity index (χ4n) is 1.59. The molecule has 0 bridgehead atoms. The van der Waals surface area contributed by atoms with E-state index in [1.165, 1.54) is 12.1 Å². The molecule has 0 fully saturated rings. The predicted molar refractivity (Wildman–Crippen MR) is 76.9 cm³/mol. The van der Waals surface area contributed by atoms with Crippen LogP contribution in [0.25, 0.3) is 0 Å². The first kappa shape index (κ1) is 17.4. The lowest BCUT2D eigenvalue weighted by Crippen LogP contribution is -2.41. The third-order valence-corrected chi connectivity index (χ3v) is 2.62. The number of hydrogen-bond acceptors (Lipinski definition) is 3. The number of ether oxygens (including phenoxy) is 1. The lowest BCUT2D eigenvalue weighted by molar-refractivity contribution is 0.0523. The number of nitrogens with one attached hydrogen (secondary N) is 2. The highest BCUT2D eigenvalue weighted by Gasteiger charge is 2.16. The normalized spacial score (nSPS) is 12.9. The van der Waals surface area contributed by atoms with Gasteiger partial charge in [0, 0.05) is 24.7 Å².